The van der Waals surface area contributed by atoms with Crippen LogP contribution in [-0.2, 0) is 33.5 Å². The number of benzene rings is 3. The van der Waals surface area contributed by atoms with Crippen LogP contribution in [0.3, 0.4) is 0 Å². The molecule has 4 N–H and O–H groups in total. The summed E-state index contributed by atoms with van der Waals surface area (Å²) in [5.41, 5.74) is 4.70. The van der Waals surface area contributed by atoms with Gasteiger partial charge in [-0.3, -0.25) is 19.2 Å². The van der Waals surface area contributed by atoms with Crippen molar-refractivity contribution in [2.24, 2.45) is 5.92 Å². The van der Waals surface area contributed by atoms with E-state index in [0.29, 0.717) is 17.6 Å². The van der Waals surface area contributed by atoms with Crippen molar-refractivity contribution in [3.63, 3.8) is 0 Å². The number of phenolic OH excluding ortho intramolecular Hbond substituents is 3. The number of aromatic hydroxyl groups is 3. The van der Waals surface area contributed by atoms with Crippen molar-refractivity contribution < 1.29 is 58.7 Å². The topological polar surface area (TPSA) is 210 Å². The van der Waals surface area contributed by atoms with Crippen molar-refractivity contribution in [1.82, 2.24) is 0 Å². The maximum absolute atomic E-state index is 12.7. The molecular formula is C44H50O12. The first-order valence-electron chi connectivity index (χ1n) is 17.4. The largest absolute Gasteiger partial charge is 0.508 e. The molecule has 0 atom stereocenters. The number of hydrogen-bond acceptors (Lipinski definition) is 12. The van der Waals surface area contributed by atoms with E-state index in [9.17, 15) is 39.3 Å². The number of esters is 1. The number of hydrogen-bond donors (Lipinski definition) is 4. The number of Topliss-reactive ketones (excluding diaryl/α,β-unsaturated/α-hetero) is 2. The minimum Gasteiger partial charge on any atom is -0.508 e. The molecule has 0 bridgehead atoms. The summed E-state index contributed by atoms with van der Waals surface area (Å²) >= 11 is 0. The number of carbonyl (C=O) groups is 5. The van der Waals surface area contributed by atoms with E-state index >= 15 is 0 Å². The molecule has 0 amide bonds. The van der Waals surface area contributed by atoms with Gasteiger partial charge in [0, 0.05) is 16.7 Å². The van der Waals surface area contributed by atoms with Crippen LogP contribution in [0.5, 0.6) is 17.2 Å². The number of ether oxygens (including phenoxy) is 1. The van der Waals surface area contributed by atoms with Crippen molar-refractivity contribution in [3.05, 3.63) is 124 Å². The van der Waals surface area contributed by atoms with Gasteiger partial charge in [-0.15, -0.1) is 0 Å². The lowest BCUT2D eigenvalue weighted by atomic mass is 9.93. The van der Waals surface area contributed by atoms with Crippen molar-refractivity contribution in [2.45, 2.75) is 67.7 Å². The molecular weight excluding hydrogens is 720 g/mol. The first-order valence-corrected chi connectivity index (χ1v) is 17.4. The van der Waals surface area contributed by atoms with Gasteiger partial charge >= 0.3 is 12.1 Å². The second-order valence-electron chi connectivity index (χ2n) is 12.2. The first-order chi connectivity index (χ1) is 26.4. The van der Waals surface area contributed by atoms with Gasteiger partial charge < -0.3 is 25.2 Å². The van der Waals surface area contributed by atoms with E-state index in [1.54, 1.807) is 88.4 Å². The third-order valence-electron chi connectivity index (χ3n) is 7.75. The first kappa shape index (κ1) is 49.4. The number of aliphatic hydroxyl groups is 1. The van der Waals surface area contributed by atoms with E-state index in [4.69, 9.17) is 14.7 Å². The fourth-order valence-corrected chi connectivity index (χ4v) is 4.71. The van der Waals surface area contributed by atoms with Crippen LogP contribution in [0, 0.1) is 26.7 Å². The molecule has 0 radical (unpaired) electrons. The SMILES string of the molecule is C=C(C(=O)OCC)C(C(C)=O)C(C)=O.CCCCC(C(=O)/C=C/c1ccc(O)c(C)c1)=C(O)/C=C/c1ccc(O)c(C)c1.Cc1cc(C=O)ccc1O.O=C=O. The Hall–Kier alpha value is -6.65. The molecule has 0 aliphatic heterocycles. The zero-order valence-corrected chi connectivity index (χ0v) is 32.8. The predicted octanol–water partition coefficient (Wildman–Crippen LogP) is 7.84. The lowest BCUT2D eigenvalue weighted by Gasteiger charge is -2.11. The van der Waals surface area contributed by atoms with Crippen LogP contribution >= 0.6 is 0 Å². The number of ketones is 3. The summed E-state index contributed by atoms with van der Waals surface area (Å²) in [5, 5.41) is 38.8. The normalized spacial score (nSPS) is 10.7. The van der Waals surface area contributed by atoms with Crippen LogP contribution in [-0.4, -0.2) is 62.8 Å². The van der Waals surface area contributed by atoms with Gasteiger partial charge in [0.1, 0.15) is 46.8 Å². The van der Waals surface area contributed by atoms with Crippen LogP contribution < -0.4 is 0 Å². The Bertz CT molecular complexity index is 1960. The minimum atomic E-state index is -1.06. The summed E-state index contributed by atoms with van der Waals surface area (Å²) in [6.07, 6.45) is 9.56. The van der Waals surface area contributed by atoms with E-state index in [-0.39, 0.29) is 47.1 Å². The Balaban J connectivity index is 0.000000922. The van der Waals surface area contributed by atoms with Crippen LogP contribution in [0.4, 0.5) is 0 Å². The molecule has 3 aromatic carbocycles. The van der Waals surface area contributed by atoms with Crippen LogP contribution in [0.25, 0.3) is 12.2 Å². The third-order valence-corrected chi connectivity index (χ3v) is 7.75. The fourth-order valence-electron chi connectivity index (χ4n) is 4.71. The Morgan fingerprint density at radius 2 is 1.16 bits per heavy atom. The van der Waals surface area contributed by atoms with Crippen LogP contribution in [0.1, 0.15) is 85.1 Å². The monoisotopic (exact) mass is 770 g/mol. The number of aliphatic hydroxyl groups excluding tert-OH is 1. The summed E-state index contributed by atoms with van der Waals surface area (Å²) < 4.78 is 4.64. The molecule has 0 saturated carbocycles. The van der Waals surface area contributed by atoms with E-state index in [2.05, 4.69) is 11.3 Å². The summed E-state index contributed by atoms with van der Waals surface area (Å²) in [6, 6.07) is 15.0. The summed E-state index contributed by atoms with van der Waals surface area (Å²) in [5.74, 6) is -2.18. The molecule has 3 rings (SSSR count). The predicted molar refractivity (Wildman–Crippen MR) is 212 cm³/mol. The summed E-state index contributed by atoms with van der Waals surface area (Å²) in [4.78, 5) is 72.4. The number of unbranched alkanes of at least 4 members (excludes halogenated alkanes) is 1. The Kier molecular flexibility index (Phi) is 23.1. The number of allylic oxidation sites excluding steroid dienone is 3. The highest BCUT2D eigenvalue weighted by atomic mass is 16.5. The molecule has 0 aromatic heterocycles. The van der Waals surface area contributed by atoms with Gasteiger partial charge in [0.05, 0.1) is 6.61 Å². The number of rotatable bonds is 14. The maximum Gasteiger partial charge on any atom is 0.373 e. The minimum absolute atomic E-state index is 0.0549. The molecule has 3 aromatic rings. The molecule has 298 valence electrons. The smallest absolute Gasteiger partial charge is 0.373 e. The summed E-state index contributed by atoms with van der Waals surface area (Å²) in [7, 11) is 0. The zero-order valence-electron chi connectivity index (χ0n) is 32.8. The van der Waals surface area contributed by atoms with Gasteiger partial charge in [0.2, 0.25) is 0 Å². The number of aldehydes is 1. The molecule has 0 aliphatic carbocycles. The number of carbonyl (C=O) groups excluding carboxylic acids is 7. The van der Waals surface area contributed by atoms with Crippen molar-refractivity contribution in [2.75, 3.05) is 6.61 Å². The van der Waals surface area contributed by atoms with Gasteiger partial charge in [-0.25, -0.2) is 4.79 Å². The Labute approximate surface area is 327 Å². The van der Waals surface area contributed by atoms with Gasteiger partial charge in [-0.1, -0.05) is 44.2 Å². The third kappa shape index (κ3) is 17.9. The zero-order chi connectivity index (χ0) is 43.0. The van der Waals surface area contributed by atoms with Crippen LogP contribution in [0.15, 0.2) is 90.2 Å². The van der Waals surface area contributed by atoms with Gasteiger partial charge in [0.25, 0.3) is 0 Å². The Morgan fingerprint density at radius 3 is 1.54 bits per heavy atom. The van der Waals surface area contributed by atoms with Crippen LogP contribution in [0.2, 0.25) is 0 Å². The van der Waals surface area contributed by atoms with Crippen molar-refractivity contribution in [1.29, 1.82) is 0 Å². The van der Waals surface area contributed by atoms with E-state index in [0.717, 1.165) is 46.9 Å². The highest BCUT2D eigenvalue weighted by Gasteiger charge is 2.28. The van der Waals surface area contributed by atoms with Crippen molar-refractivity contribution in [3.8, 4) is 17.2 Å². The molecule has 12 heteroatoms. The average molecular weight is 771 g/mol. The van der Waals surface area contributed by atoms with Gasteiger partial charge in [-0.05, 0) is 137 Å². The van der Waals surface area contributed by atoms with Gasteiger partial charge in [0.15, 0.2) is 5.78 Å². The van der Waals surface area contributed by atoms with E-state index in [1.807, 2.05) is 6.92 Å². The molecule has 12 nitrogen and oxygen atoms in total. The second kappa shape index (κ2) is 26.2. The van der Waals surface area contributed by atoms with Crippen molar-refractivity contribution >= 4 is 47.9 Å². The van der Waals surface area contributed by atoms with Gasteiger partial charge in [-0.2, -0.15) is 9.59 Å². The standard InChI is InChI=1S/C25H28O4.C10H14O4.C8H8O2.CO2/c1-4-5-6-21(24(28)13-9-19-7-11-22(26)17(2)15-19)25(29)14-10-20-8-12-23(27)18(3)16-20;1-5-14-10(13)6(2)9(7(3)11)8(4)12;1-6-4-7(5-9)2-3-8(6)10;2-1-3/h7-16,26-28H,4-6H2,1-3H3;9H,2,5H2,1,3-4H3;2-5,10H,1H3;/b13-9+,14-10+,24-21?;;;. The highest BCUT2D eigenvalue weighted by molar-refractivity contribution is 6.10. The fraction of sp³-hybridized carbons (Fsp3) is 0.273. The molecule has 0 spiro atoms. The molecule has 0 aliphatic rings. The maximum atomic E-state index is 12.7. The lowest BCUT2D eigenvalue weighted by molar-refractivity contribution is -0.191. The number of phenols is 3. The Morgan fingerprint density at radius 1 is 0.750 bits per heavy atom. The second-order valence-corrected chi connectivity index (χ2v) is 12.2. The van der Waals surface area contributed by atoms with E-state index < -0.39 is 23.5 Å². The number of aryl methyl sites for hydroxylation is 3. The van der Waals surface area contributed by atoms with E-state index in [1.165, 1.54) is 32.1 Å². The lowest BCUT2D eigenvalue weighted by Crippen LogP contribution is -2.26. The average Bonchev–Trinajstić information content (AvgIpc) is 3.14. The summed E-state index contributed by atoms with van der Waals surface area (Å²) in [6.45, 7) is 15.1. The molecule has 0 fully saturated rings. The molecule has 56 heavy (non-hydrogen) atoms. The quantitative estimate of drug-likeness (QED) is 0.0309. The molecule has 0 saturated heterocycles. The highest BCUT2D eigenvalue weighted by Crippen LogP contribution is 2.22. The molecule has 0 unspecified atom stereocenters. The molecule has 0 heterocycles.